The number of halogens is 2. The molecule has 2 saturated carbocycles. The Balaban J connectivity index is 1.82. The van der Waals surface area contributed by atoms with Crippen molar-refractivity contribution in [2.45, 2.75) is 50.6 Å². The molecule has 1 aromatic rings. The van der Waals surface area contributed by atoms with Crippen LogP contribution in [0.3, 0.4) is 0 Å². The minimum absolute atomic E-state index is 0.0225. The van der Waals surface area contributed by atoms with Gasteiger partial charge in [0.1, 0.15) is 0 Å². The molecular formula is C20H23F2NO4. The summed E-state index contributed by atoms with van der Waals surface area (Å²) in [4.78, 5) is 11.7. The quantitative estimate of drug-likeness (QED) is 0.664. The van der Waals surface area contributed by atoms with Crippen LogP contribution in [0.4, 0.5) is 8.78 Å². The number of hydrogen-bond acceptors (Lipinski definition) is 5. The maximum Gasteiger partial charge on any atom is 0.387 e. The number of alkyl halides is 2. The molecule has 0 atom stereocenters. The van der Waals surface area contributed by atoms with Crippen LogP contribution in [-0.2, 0) is 14.9 Å². The molecule has 27 heavy (non-hydrogen) atoms. The van der Waals surface area contributed by atoms with Crippen LogP contribution >= 0.6 is 0 Å². The van der Waals surface area contributed by atoms with Crippen molar-refractivity contribution in [2.24, 2.45) is 11.8 Å². The van der Waals surface area contributed by atoms with Crippen molar-refractivity contribution in [2.75, 3.05) is 13.7 Å². The molecule has 146 valence electrons. The van der Waals surface area contributed by atoms with E-state index in [4.69, 9.17) is 9.47 Å². The Morgan fingerprint density at radius 2 is 1.96 bits per heavy atom. The zero-order valence-electron chi connectivity index (χ0n) is 15.2. The van der Waals surface area contributed by atoms with Crippen LogP contribution in [0, 0.1) is 23.2 Å². The van der Waals surface area contributed by atoms with Crippen molar-refractivity contribution in [1.82, 2.24) is 0 Å². The molecule has 0 radical (unpaired) electrons. The van der Waals surface area contributed by atoms with Crippen molar-refractivity contribution < 1.29 is 27.8 Å². The van der Waals surface area contributed by atoms with Gasteiger partial charge in [-0.05, 0) is 62.1 Å². The zero-order valence-corrected chi connectivity index (χ0v) is 15.2. The van der Waals surface area contributed by atoms with E-state index in [2.05, 4.69) is 10.8 Å². The molecule has 0 saturated heterocycles. The summed E-state index contributed by atoms with van der Waals surface area (Å²) in [7, 11) is 1.36. The number of nitriles is 1. The summed E-state index contributed by atoms with van der Waals surface area (Å²) in [6, 6.07) is 7.10. The van der Waals surface area contributed by atoms with Gasteiger partial charge in [0.15, 0.2) is 11.5 Å². The third kappa shape index (κ3) is 4.49. The minimum atomic E-state index is -2.94. The molecule has 0 bridgehead atoms. The van der Waals surface area contributed by atoms with Gasteiger partial charge < -0.3 is 14.2 Å². The van der Waals surface area contributed by atoms with E-state index in [1.165, 1.54) is 13.2 Å². The average Bonchev–Trinajstić information content (AvgIpc) is 3.50. The van der Waals surface area contributed by atoms with E-state index in [1.54, 1.807) is 12.1 Å². The summed E-state index contributed by atoms with van der Waals surface area (Å²) in [6.45, 7) is -2.49. The third-order valence-corrected chi connectivity index (χ3v) is 5.47. The van der Waals surface area contributed by atoms with Crippen LogP contribution in [-0.4, -0.2) is 26.3 Å². The molecule has 2 aliphatic carbocycles. The smallest absolute Gasteiger partial charge is 0.387 e. The number of nitrogens with zero attached hydrogens (tertiary/aromatic N) is 1. The summed E-state index contributed by atoms with van der Waals surface area (Å²) in [5.41, 5.74) is -0.0632. The highest BCUT2D eigenvalue weighted by Crippen LogP contribution is 2.44. The Bertz CT molecular complexity index is 719. The van der Waals surface area contributed by atoms with Crippen molar-refractivity contribution in [3.63, 3.8) is 0 Å². The zero-order chi connectivity index (χ0) is 19.4. The highest BCUT2D eigenvalue weighted by molar-refractivity contribution is 5.72. The Morgan fingerprint density at radius 3 is 2.52 bits per heavy atom. The van der Waals surface area contributed by atoms with Crippen LogP contribution in [0.2, 0.25) is 0 Å². The molecule has 2 aliphatic rings. The molecule has 0 spiro atoms. The van der Waals surface area contributed by atoms with Gasteiger partial charge in [0.2, 0.25) is 0 Å². The summed E-state index contributed by atoms with van der Waals surface area (Å²) in [6.07, 6.45) is 4.24. The first-order valence-electron chi connectivity index (χ1n) is 9.18. The molecule has 0 aliphatic heterocycles. The van der Waals surface area contributed by atoms with E-state index in [1.807, 2.05) is 0 Å². The fourth-order valence-electron chi connectivity index (χ4n) is 3.58. The molecule has 7 heteroatoms. The molecular weight excluding hydrogens is 356 g/mol. The van der Waals surface area contributed by atoms with Crippen molar-refractivity contribution in [3.8, 4) is 17.6 Å². The first-order valence-corrected chi connectivity index (χ1v) is 9.18. The van der Waals surface area contributed by atoms with Crippen molar-refractivity contribution >= 4 is 5.97 Å². The second-order valence-electron chi connectivity index (χ2n) is 7.29. The fourth-order valence-corrected chi connectivity index (χ4v) is 3.58. The lowest BCUT2D eigenvalue weighted by molar-refractivity contribution is -0.146. The SMILES string of the molecule is COC(=O)[C@H]1CC[C@](C#N)(c2ccc(OC(F)F)c(OCC3CC3)c2)CC1. The van der Waals surface area contributed by atoms with E-state index < -0.39 is 12.0 Å². The Kier molecular flexibility index (Phi) is 5.83. The Hall–Kier alpha value is -2.36. The first-order chi connectivity index (χ1) is 13.0. The van der Waals surface area contributed by atoms with Gasteiger partial charge >= 0.3 is 12.6 Å². The maximum atomic E-state index is 12.7. The molecule has 1 aromatic carbocycles. The van der Waals surface area contributed by atoms with E-state index in [-0.39, 0.29) is 23.4 Å². The monoisotopic (exact) mass is 379 g/mol. The number of rotatable bonds is 7. The van der Waals surface area contributed by atoms with E-state index in [9.17, 15) is 18.8 Å². The first kappa shape index (κ1) is 19.4. The lowest BCUT2D eigenvalue weighted by atomic mass is 9.67. The number of esters is 1. The number of carbonyl (C=O) groups excluding carboxylic acids is 1. The maximum absolute atomic E-state index is 12.7. The number of methoxy groups -OCH3 is 1. The highest BCUT2D eigenvalue weighted by atomic mass is 19.3. The highest BCUT2D eigenvalue weighted by Gasteiger charge is 2.40. The van der Waals surface area contributed by atoms with Crippen LogP contribution in [0.15, 0.2) is 18.2 Å². The van der Waals surface area contributed by atoms with Crippen LogP contribution < -0.4 is 9.47 Å². The van der Waals surface area contributed by atoms with Gasteiger partial charge in [0.05, 0.1) is 31.1 Å². The standard InChI is InChI=1S/C20H23F2NO4/c1-25-18(24)14-6-8-20(12-23,9-7-14)15-4-5-16(27-19(21)22)17(10-15)26-11-13-2-3-13/h4-5,10,13-14,19H,2-3,6-9,11H2,1H3/t14-,20-. The number of benzene rings is 1. The van der Waals surface area contributed by atoms with E-state index in [0.717, 1.165) is 12.8 Å². The Labute approximate surface area is 157 Å². The summed E-state index contributed by atoms with van der Waals surface area (Å²) >= 11 is 0. The van der Waals surface area contributed by atoms with Gasteiger partial charge in [-0.3, -0.25) is 4.79 Å². The summed E-state index contributed by atoms with van der Waals surface area (Å²) < 4.78 is 40.5. The molecule has 2 fully saturated rings. The second kappa shape index (κ2) is 8.12. The normalized spacial score (nSPS) is 24.9. The van der Waals surface area contributed by atoms with Crippen molar-refractivity contribution in [1.29, 1.82) is 5.26 Å². The molecule has 5 nitrogen and oxygen atoms in total. The second-order valence-corrected chi connectivity index (χ2v) is 7.29. The number of hydrogen-bond donors (Lipinski definition) is 0. The predicted molar refractivity (Wildman–Crippen MR) is 92.6 cm³/mol. The van der Waals surface area contributed by atoms with Gasteiger partial charge in [-0.25, -0.2) is 0 Å². The van der Waals surface area contributed by atoms with Crippen molar-refractivity contribution in [3.05, 3.63) is 23.8 Å². The van der Waals surface area contributed by atoms with Crippen LogP contribution in [0.5, 0.6) is 11.5 Å². The minimum Gasteiger partial charge on any atom is -0.489 e. The van der Waals surface area contributed by atoms with Crippen LogP contribution in [0.1, 0.15) is 44.1 Å². The lowest BCUT2D eigenvalue weighted by Gasteiger charge is -2.34. The lowest BCUT2D eigenvalue weighted by Crippen LogP contribution is -2.33. The van der Waals surface area contributed by atoms with Gasteiger partial charge in [-0.15, -0.1) is 0 Å². The molecule has 0 N–H and O–H groups in total. The molecule has 0 heterocycles. The van der Waals surface area contributed by atoms with Gasteiger partial charge in [-0.1, -0.05) is 6.07 Å². The number of carbonyl (C=O) groups is 1. The molecule has 0 unspecified atom stereocenters. The van der Waals surface area contributed by atoms with Gasteiger partial charge in [-0.2, -0.15) is 14.0 Å². The molecule has 0 amide bonds. The third-order valence-electron chi connectivity index (χ3n) is 5.47. The van der Waals surface area contributed by atoms with E-state index in [0.29, 0.717) is 43.8 Å². The largest absolute Gasteiger partial charge is 0.489 e. The fraction of sp³-hybridized carbons (Fsp3) is 0.600. The average molecular weight is 379 g/mol. The van der Waals surface area contributed by atoms with Gasteiger partial charge in [0, 0.05) is 0 Å². The predicted octanol–water partition coefficient (Wildman–Crippen LogP) is 4.20. The van der Waals surface area contributed by atoms with Crippen LogP contribution in [0.25, 0.3) is 0 Å². The Morgan fingerprint density at radius 1 is 1.26 bits per heavy atom. The van der Waals surface area contributed by atoms with E-state index >= 15 is 0 Å². The molecule has 3 rings (SSSR count). The molecule has 0 aromatic heterocycles. The number of ether oxygens (including phenoxy) is 3. The summed E-state index contributed by atoms with van der Waals surface area (Å²) in [5, 5.41) is 9.85. The summed E-state index contributed by atoms with van der Waals surface area (Å²) in [5.74, 6) is 0.211. The topological polar surface area (TPSA) is 68.6 Å². The van der Waals surface area contributed by atoms with Gasteiger partial charge in [0.25, 0.3) is 0 Å².